The fraction of sp³-hybridized carbons (Fsp3) is 0.611. The first-order valence-electron chi connectivity index (χ1n) is 8.62. The van der Waals surface area contributed by atoms with E-state index in [0.29, 0.717) is 33.5 Å². The van der Waals surface area contributed by atoms with Crippen LogP contribution in [0.1, 0.15) is 63.2 Å². The molecule has 1 aromatic carbocycles. The van der Waals surface area contributed by atoms with Gasteiger partial charge in [-0.2, -0.15) is 0 Å². The van der Waals surface area contributed by atoms with Gasteiger partial charge in [0.25, 0.3) is 5.91 Å². The van der Waals surface area contributed by atoms with Gasteiger partial charge in [-0.3, -0.25) is 4.79 Å². The molecule has 0 aliphatic heterocycles. The van der Waals surface area contributed by atoms with Gasteiger partial charge >= 0.3 is 0 Å². The number of benzene rings is 1. The van der Waals surface area contributed by atoms with Crippen molar-refractivity contribution in [1.82, 2.24) is 0 Å². The molecule has 0 heterocycles. The molecule has 0 spiro atoms. The first-order valence-corrected chi connectivity index (χ1v) is 9.78. The lowest BCUT2D eigenvalue weighted by Crippen LogP contribution is -2.13. The van der Waals surface area contributed by atoms with Gasteiger partial charge in [-0.25, -0.2) is 4.78 Å². The molecule has 23 heavy (non-hydrogen) atoms. The van der Waals surface area contributed by atoms with E-state index < -0.39 is 0 Å². The summed E-state index contributed by atoms with van der Waals surface area (Å²) < 4.78 is 9.89. The second kappa shape index (κ2) is 12.0. The molecule has 1 amide bonds. The number of ether oxygens (including phenoxy) is 1. The van der Waals surface area contributed by atoms with Crippen LogP contribution in [0.3, 0.4) is 0 Å². The molecule has 1 unspecified atom stereocenters. The van der Waals surface area contributed by atoms with Gasteiger partial charge in [0.2, 0.25) is 9.68 Å². The highest BCUT2D eigenvalue weighted by Crippen LogP contribution is 2.21. The summed E-state index contributed by atoms with van der Waals surface area (Å²) in [6.45, 7) is 7.13. The summed E-state index contributed by atoms with van der Waals surface area (Å²) in [6.07, 6.45) is 5.73. The van der Waals surface area contributed by atoms with E-state index in [1.807, 2.05) is 18.2 Å². The smallest absolute Gasteiger partial charge is 0.297 e. The minimum absolute atomic E-state index is 0.314. The third-order valence-electron chi connectivity index (χ3n) is 3.71. The zero-order chi connectivity index (χ0) is 16.9. The minimum Gasteiger partial charge on any atom is -0.492 e. The van der Waals surface area contributed by atoms with Gasteiger partial charge in [0.1, 0.15) is 5.75 Å². The predicted molar refractivity (Wildman–Crippen MR) is 95.3 cm³/mol. The molecule has 126 valence electrons. The summed E-state index contributed by atoms with van der Waals surface area (Å²) >= 11 is 0. The molecule has 4 nitrogen and oxygen atoms in total. The molecule has 1 atom stereocenters. The van der Waals surface area contributed by atoms with E-state index in [4.69, 9.17) is 4.74 Å². The van der Waals surface area contributed by atoms with Crippen molar-refractivity contribution in [3.8, 4) is 5.75 Å². The number of rotatable bonds is 11. The first kappa shape index (κ1) is 19.6. The second-order valence-corrected chi connectivity index (χ2v) is 6.65. The van der Waals surface area contributed by atoms with Crippen LogP contribution in [-0.2, 0) is 0 Å². The summed E-state index contributed by atoms with van der Waals surface area (Å²) in [6, 6.07) is 8.29. The highest BCUT2D eigenvalue weighted by molar-refractivity contribution is 6.32. The molecular formula is C18H28N2O2Si. The van der Waals surface area contributed by atoms with E-state index in [0.717, 1.165) is 18.9 Å². The topological polar surface area (TPSA) is 51.0 Å². The lowest BCUT2D eigenvalue weighted by Gasteiger charge is -2.16. The van der Waals surface area contributed by atoms with Crippen molar-refractivity contribution in [2.75, 3.05) is 6.61 Å². The summed E-state index contributed by atoms with van der Waals surface area (Å²) in [5.41, 5.74) is 0.503. The van der Waals surface area contributed by atoms with Crippen LogP contribution in [0.15, 0.2) is 34.2 Å². The molecule has 0 N–H and O–H groups in total. The molecule has 0 saturated carbocycles. The first-order chi connectivity index (χ1) is 11.2. The molecule has 0 saturated heterocycles. The number of hydrogen-bond donors (Lipinski definition) is 0. The van der Waals surface area contributed by atoms with Crippen LogP contribution in [-0.4, -0.2) is 22.2 Å². The Bertz CT molecular complexity index is 492. The number of nitrogens with zero attached hydrogens (tertiary/aromatic N) is 2. The molecular weight excluding hydrogens is 304 g/mol. The van der Waals surface area contributed by atoms with Gasteiger partial charge in [-0.1, -0.05) is 58.6 Å². The van der Waals surface area contributed by atoms with Gasteiger partial charge < -0.3 is 4.74 Å². The van der Waals surface area contributed by atoms with Gasteiger partial charge in [0, 0.05) is 0 Å². The van der Waals surface area contributed by atoms with E-state index in [2.05, 4.69) is 30.7 Å². The minimum atomic E-state index is -0.314. The van der Waals surface area contributed by atoms with Crippen LogP contribution in [0.4, 0.5) is 0 Å². The van der Waals surface area contributed by atoms with Crippen molar-refractivity contribution in [2.45, 2.75) is 58.9 Å². The normalized spacial score (nSPS) is 12.5. The second-order valence-electron chi connectivity index (χ2n) is 5.64. The van der Waals surface area contributed by atoms with Crippen LogP contribution >= 0.6 is 0 Å². The van der Waals surface area contributed by atoms with Gasteiger partial charge in [0.15, 0.2) is 0 Å². The van der Waals surface area contributed by atoms with Crippen LogP contribution in [0.5, 0.6) is 5.75 Å². The Morgan fingerprint density at radius 1 is 1.22 bits per heavy atom. The maximum Gasteiger partial charge on any atom is 0.297 e. The largest absolute Gasteiger partial charge is 0.492 e. The van der Waals surface area contributed by atoms with Crippen molar-refractivity contribution < 1.29 is 9.53 Å². The highest BCUT2D eigenvalue weighted by atomic mass is 28.2. The number of carbonyl (C=O) groups is 1. The van der Waals surface area contributed by atoms with E-state index in [-0.39, 0.29) is 5.91 Å². The molecule has 0 fully saturated rings. The molecule has 0 aromatic heterocycles. The van der Waals surface area contributed by atoms with Gasteiger partial charge in [0.05, 0.1) is 12.2 Å². The maximum absolute atomic E-state index is 12.2. The number of hydrogen-bond acceptors (Lipinski definition) is 3. The quantitative estimate of drug-likeness (QED) is 0.313. The lowest BCUT2D eigenvalue weighted by molar-refractivity contribution is 0.0990. The number of para-hydroxylation sites is 1. The van der Waals surface area contributed by atoms with Crippen molar-refractivity contribution >= 4 is 15.6 Å². The Balaban J connectivity index is 2.65. The van der Waals surface area contributed by atoms with Crippen molar-refractivity contribution in [2.24, 2.45) is 15.8 Å². The molecule has 5 heteroatoms. The Labute approximate surface area is 142 Å². The van der Waals surface area contributed by atoms with Crippen LogP contribution in [0.2, 0.25) is 6.04 Å². The van der Waals surface area contributed by atoms with Crippen molar-refractivity contribution in [1.29, 1.82) is 0 Å². The average Bonchev–Trinajstić information content (AvgIpc) is 2.59. The number of amides is 1. The average molecular weight is 333 g/mol. The lowest BCUT2D eigenvalue weighted by atomic mass is 10.0. The summed E-state index contributed by atoms with van der Waals surface area (Å²) in [5, 5.41) is 3.81. The summed E-state index contributed by atoms with van der Waals surface area (Å²) in [7, 11) is 0.360. The molecule has 0 aliphatic rings. The Kier molecular flexibility index (Phi) is 10.2. The zero-order valence-corrected chi connectivity index (χ0v) is 15.5. The van der Waals surface area contributed by atoms with Crippen LogP contribution < -0.4 is 4.74 Å². The van der Waals surface area contributed by atoms with Crippen molar-refractivity contribution in [3.05, 3.63) is 29.8 Å². The Morgan fingerprint density at radius 3 is 2.70 bits per heavy atom. The monoisotopic (exact) mass is 332 g/mol. The SMILES string of the molecule is CCCCC(CC)COc1ccccc1C(=O)N=N[Si]CCC. The highest BCUT2D eigenvalue weighted by Gasteiger charge is 2.13. The van der Waals surface area contributed by atoms with Gasteiger partial charge in [-0.15, -0.1) is 5.11 Å². The van der Waals surface area contributed by atoms with Crippen molar-refractivity contribution in [3.63, 3.8) is 0 Å². The number of carbonyl (C=O) groups excluding carboxylic acids is 1. The molecule has 2 radical (unpaired) electrons. The van der Waals surface area contributed by atoms with E-state index >= 15 is 0 Å². The van der Waals surface area contributed by atoms with Gasteiger partial charge in [-0.05, 0) is 30.5 Å². The standard InChI is InChI=1S/C18H28N2O2Si/c1-4-7-10-15(6-3)14-22-17-12-9-8-11-16(17)18(21)19-20-23-13-5-2/h8-9,11-12,15H,4-7,10,13-14H2,1-3H3. The molecule has 0 aliphatic carbocycles. The fourth-order valence-corrected chi connectivity index (χ4v) is 2.66. The summed E-state index contributed by atoms with van der Waals surface area (Å²) in [4.78, 5) is 12.2. The third-order valence-corrected chi connectivity index (χ3v) is 4.67. The molecule has 0 bridgehead atoms. The zero-order valence-electron chi connectivity index (χ0n) is 14.5. The Morgan fingerprint density at radius 2 is 2.00 bits per heavy atom. The van der Waals surface area contributed by atoms with Crippen LogP contribution in [0.25, 0.3) is 0 Å². The Hall–Kier alpha value is -1.49. The number of unbranched alkanes of at least 4 members (excludes halogenated alkanes) is 1. The van der Waals surface area contributed by atoms with Crippen LogP contribution in [0, 0.1) is 5.92 Å². The fourth-order valence-electron chi connectivity index (χ4n) is 2.17. The predicted octanol–water partition coefficient (Wildman–Crippen LogP) is 5.32. The molecule has 1 aromatic rings. The third kappa shape index (κ3) is 7.55. The van der Waals surface area contributed by atoms with E-state index in [9.17, 15) is 4.79 Å². The maximum atomic E-state index is 12.2. The molecule has 1 rings (SSSR count). The van der Waals surface area contributed by atoms with E-state index in [1.165, 1.54) is 19.3 Å². The summed E-state index contributed by atoms with van der Waals surface area (Å²) in [5.74, 6) is 0.835. The van der Waals surface area contributed by atoms with E-state index in [1.54, 1.807) is 6.07 Å².